The average molecular weight is 799 g/mol. The molecule has 0 radical (unpaired) electrons. The van der Waals surface area contributed by atoms with Crippen LogP contribution in [0.1, 0.15) is 213 Å². The van der Waals surface area contributed by atoms with Crippen molar-refractivity contribution in [1.29, 1.82) is 0 Å². The first-order valence-corrected chi connectivity index (χ1v) is 23.3. The smallest absolute Gasteiger partial charge is 0.306 e. The molecule has 0 aromatic rings. The number of unbranched alkanes of at least 4 members (excludes halogenated alkanes) is 26. The first kappa shape index (κ1) is 52.5. The Balaban J connectivity index is 2.25. The number of esters is 2. The summed E-state index contributed by atoms with van der Waals surface area (Å²) in [5, 5.41) is 40.0. The van der Waals surface area contributed by atoms with E-state index in [0.29, 0.717) is 6.42 Å². The summed E-state index contributed by atoms with van der Waals surface area (Å²) >= 11 is 0. The Kier molecular flexibility index (Phi) is 35.3. The molecule has 1 fully saturated rings. The van der Waals surface area contributed by atoms with Crippen LogP contribution in [-0.4, -0.2) is 89.0 Å². The van der Waals surface area contributed by atoms with E-state index >= 15 is 0 Å². The number of hydrogen-bond donors (Lipinski definition) is 4. The number of hydrogen-bond acceptors (Lipinski definition) is 10. The van der Waals surface area contributed by atoms with Gasteiger partial charge in [-0.1, -0.05) is 180 Å². The molecule has 0 bridgehead atoms. The molecule has 4 N–H and O–H groups in total. The topological polar surface area (TPSA) is 152 Å². The maximum absolute atomic E-state index is 12.7. The molecule has 1 rings (SSSR count). The van der Waals surface area contributed by atoms with Crippen molar-refractivity contribution < 1.29 is 49.0 Å². The third kappa shape index (κ3) is 28.8. The van der Waals surface area contributed by atoms with Crippen molar-refractivity contribution in [1.82, 2.24) is 0 Å². The maximum Gasteiger partial charge on any atom is 0.306 e. The van der Waals surface area contributed by atoms with Crippen LogP contribution in [0.3, 0.4) is 0 Å². The third-order valence-corrected chi connectivity index (χ3v) is 10.9. The van der Waals surface area contributed by atoms with Gasteiger partial charge in [-0.2, -0.15) is 0 Å². The largest absolute Gasteiger partial charge is 0.462 e. The van der Waals surface area contributed by atoms with Crippen molar-refractivity contribution in [2.75, 3.05) is 19.8 Å². The number of rotatable bonds is 39. The van der Waals surface area contributed by atoms with Crippen LogP contribution in [0.15, 0.2) is 12.2 Å². The molecule has 1 aliphatic rings. The fraction of sp³-hybridized carbons (Fsp3) is 0.913. The highest BCUT2D eigenvalue weighted by atomic mass is 16.7. The molecule has 2 unspecified atom stereocenters. The highest BCUT2D eigenvalue weighted by molar-refractivity contribution is 5.70. The summed E-state index contributed by atoms with van der Waals surface area (Å²) in [6, 6.07) is 0. The van der Waals surface area contributed by atoms with E-state index in [2.05, 4.69) is 26.0 Å². The molecule has 1 aliphatic heterocycles. The molecular formula is C46H86O10. The van der Waals surface area contributed by atoms with Crippen LogP contribution in [0.5, 0.6) is 0 Å². The van der Waals surface area contributed by atoms with Crippen LogP contribution >= 0.6 is 0 Å². The van der Waals surface area contributed by atoms with Gasteiger partial charge in [-0.15, -0.1) is 0 Å². The second kappa shape index (κ2) is 37.7. The summed E-state index contributed by atoms with van der Waals surface area (Å²) in [6.07, 6.45) is 32.3. The van der Waals surface area contributed by atoms with Crippen LogP contribution in [0.2, 0.25) is 0 Å². The third-order valence-electron chi connectivity index (χ3n) is 10.9. The lowest BCUT2D eigenvalue weighted by atomic mass is 9.99. The normalized spacial score (nSPS) is 20.4. The van der Waals surface area contributed by atoms with Crippen molar-refractivity contribution in [2.24, 2.45) is 0 Å². The molecule has 10 heteroatoms. The fourth-order valence-corrected chi connectivity index (χ4v) is 7.17. The van der Waals surface area contributed by atoms with Crippen molar-refractivity contribution in [3.63, 3.8) is 0 Å². The van der Waals surface area contributed by atoms with E-state index in [1.807, 2.05) is 0 Å². The monoisotopic (exact) mass is 799 g/mol. The van der Waals surface area contributed by atoms with Crippen molar-refractivity contribution in [3.8, 4) is 0 Å². The lowest BCUT2D eigenvalue weighted by Crippen LogP contribution is -2.59. The minimum absolute atomic E-state index is 0.215. The zero-order valence-electron chi connectivity index (χ0n) is 35.9. The van der Waals surface area contributed by atoms with Gasteiger partial charge in [0.25, 0.3) is 0 Å². The Morgan fingerprint density at radius 2 is 0.964 bits per heavy atom. The first-order valence-electron chi connectivity index (χ1n) is 23.3. The summed E-state index contributed by atoms with van der Waals surface area (Å²) in [7, 11) is 0. The van der Waals surface area contributed by atoms with Gasteiger partial charge in [-0.3, -0.25) is 9.59 Å². The molecule has 0 amide bonds. The summed E-state index contributed by atoms with van der Waals surface area (Å²) < 4.78 is 22.1. The molecule has 0 saturated carbocycles. The minimum atomic E-state index is -1.59. The van der Waals surface area contributed by atoms with Crippen LogP contribution in [0, 0.1) is 0 Å². The Labute approximate surface area is 341 Å². The van der Waals surface area contributed by atoms with Gasteiger partial charge in [0.2, 0.25) is 0 Å². The van der Waals surface area contributed by atoms with E-state index in [-0.39, 0.29) is 32.0 Å². The second-order valence-corrected chi connectivity index (χ2v) is 16.2. The number of aliphatic hydroxyl groups excluding tert-OH is 4. The molecule has 6 atom stereocenters. The van der Waals surface area contributed by atoms with Crippen LogP contribution in [-0.2, 0) is 28.5 Å². The van der Waals surface area contributed by atoms with Crippen molar-refractivity contribution in [2.45, 2.75) is 250 Å². The van der Waals surface area contributed by atoms with E-state index in [1.54, 1.807) is 0 Å². The van der Waals surface area contributed by atoms with Crippen molar-refractivity contribution in [3.05, 3.63) is 12.2 Å². The Hall–Kier alpha value is -1.56. The molecule has 56 heavy (non-hydrogen) atoms. The summed E-state index contributed by atoms with van der Waals surface area (Å²) in [4.78, 5) is 25.3. The van der Waals surface area contributed by atoms with E-state index in [4.69, 9.17) is 18.9 Å². The number of carbonyl (C=O) groups excluding carboxylic acids is 2. The number of carbonyl (C=O) groups is 2. The van der Waals surface area contributed by atoms with Gasteiger partial charge in [0.15, 0.2) is 12.4 Å². The quantitative estimate of drug-likeness (QED) is 0.0269. The van der Waals surface area contributed by atoms with Gasteiger partial charge >= 0.3 is 11.9 Å². The maximum atomic E-state index is 12.7. The number of allylic oxidation sites excluding steroid dienone is 2. The zero-order chi connectivity index (χ0) is 40.9. The molecule has 10 nitrogen and oxygen atoms in total. The van der Waals surface area contributed by atoms with E-state index in [0.717, 1.165) is 57.8 Å². The standard InChI is InChI=1S/C46H86O10/c1-3-5-7-9-11-13-15-16-17-18-19-20-21-22-23-25-26-28-30-32-34-41(48)53-37-39(38-54-46-45(52)44(51)43(50)40(36-47)56-46)55-42(49)35-33-31-29-27-24-14-12-10-8-6-4-2/h10,12,39-40,43-47,50-52H,3-9,11,13-38H2,1-2H3/b12-10+/t39-,40-,43+,44?,45?,46-/m0/s1. The predicted molar refractivity (Wildman–Crippen MR) is 224 cm³/mol. The molecule has 0 aliphatic carbocycles. The number of ether oxygens (including phenoxy) is 4. The lowest BCUT2D eigenvalue weighted by Gasteiger charge is -2.39. The highest BCUT2D eigenvalue weighted by Gasteiger charge is 2.44. The second-order valence-electron chi connectivity index (χ2n) is 16.2. The highest BCUT2D eigenvalue weighted by Crippen LogP contribution is 2.23. The lowest BCUT2D eigenvalue weighted by molar-refractivity contribution is -0.305. The molecular weight excluding hydrogens is 712 g/mol. The van der Waals surface area contributed by atoms with E-state index < -0.39 is 49.4 Å². The van der Waals surface area contributed by atoms with Gasteiger partial charge in [0.1, 0.15) is 31.0 Å². The molecule has 0 aromatic heterocycles. The van der Waals surface area contributed by atoms with Crippen LogP contribution < -0.4 is 0 Å². The average Bonchev–Trinajstić information content (AvgIpc) is 3.19. The Morgan fingerprint density at radius 1 is 0.536 bits per heavy atom. The van der Waals surface area contributed by atoms with Gasteiger partial charge in [-0.25, -0.2) is 0 Å². The fourth-order valence-electron chi connectivity index (χ4n) is 7.17. The number of aliphatic hydroxyl groups is 4. The summed E-state index contributed by atoms with van der Waals surface area (Å²) in [5.74, 6) is -0.808. The van der Waals surface area contributed by atoms with Crippen LogP contribution in [0.4, 0.5) is 0 Å². The summed E-state index contributed by atoms with van der Waals surface area (Å²) in [6.45, 7) is 3.40. The minimum Gasteiger partial charge on any atom is -0.462 e. The van der Waals surface area contributed by atoms with Crippen LogP contribution in [0.25, 0.3) is 0 Å². The van der Waals surface area contributed by atoms with Gasteiger partial charge in [0, 0.05) is 12.8 Å². The Morgan fingerprint density at radius 3 is 1.45 bits per heavy atom. The molecule has 1 saturated heterocycles. The molecule has 0 aromatic carbocycles. The van der Waals surface area contributed by atoms with Gasteiger partial charge in [0.05, 0.1) is 13.2 Å². The zero-order valence-corrected chi connectivity index (χ0v) is 35.9. The summed E-state index contributed by atoms with van der Waals surface area (Å²) in [5.41, 5.74) is 0. The first-order chi connectivity index (χ1) is 27.3. The van der Waals surface area contributed by atoms with Gasteiger partial charge < -0.3 is 39.4 Å². The molecule has 330 valence electrons. The molecule has 1 heterocycles. The SMILES string of the molecule is CCCC/C=C/CCCCCCCC(=O)O[C@@H](COC(=O)CCCCCCCCCCCCCCCCCCCCCC)CO[C@H]1O[C@@H](CO)[C@@H](O)C(O)C1O. The van der Waals surface area contributed by atoms with Gasteiger partial charge in [-0.05, 0) is 32.1 Å². The Bertz CT molecular complexity index is 928. The van der Waals surface area contributed by atoms with E-state index in [9.17, 15) is 30.0 Å². The predicted octanol–water partition coefficient (Wildman–Crippen LogP) is 9.95. The van der Waals surface area contributed by atoms with E-state index in [1.165, 1.54) is 122 Å². The van der Waals surface area contributed by atoms with Crippen molar-refractivity contribution >= 4 is 11.9 Å². The molecule has 0 spiro atoms.